The number of carbonyl (C=O) groups is 2. The highest BCUT2D eigenvalue weighted by molar-refractivity contribution is 6.06. The van der Waals surface area contributed by atoms with Gasteiger partial charge in [0.2, 0.25) is 12.7 Å². The van der Waals surface area contributed by atoms with Crippen LogP contribution in [0.2, 0.25) is 0 Å². The van der Waals surface area contributed by atoms with Crippen LogP contribution in [0.3, 0.4) is 0 Å². The van der Waals surface area contributed by atoms with Gasteiger partial charge in [-0.1, -0.05) is 48.5 Å². The number of rotatable bonds is 8. The summed E-state index contributed by atoms with van der Waals surface area (Å²) in [4.78, 5) is 27.5. The fourth-order valence-corrected chi connectivity index (χ4v) is 4.19. The average Bonchev–Trinajstić information content (AvgIpc) is 3.39. The molecule has 38 heavy (non-hydrogen) atoms. The largest absolute Gasteiger partial charge is 0.454 e. The van der Waals surface area contributed by atoms with Gasteiger partial charge in [-0.2, -0.15) is 0 Å². The quantitative estimate of drug-likeness (QED) is 0.342. The number of hydrogen-bond acceptors (Lipinski definition) is 4. The SMILES string of the molecule is O=C(Cc1cccc(N(Cc2ccccc2)C(=O)c2ccc(F)cc2F)c1)NCc1ccc2c(c1)OCO2. The van der Waals surface area contributed by atoms with Gasteiger partial charge in [-0.3, -0.25) is 9.59 Å². The second-order valence-electron chi connectivity index (χ2n) is 8.81. The van der Waals surface area contributed by atoms with Crippen molar-refractivity contribution in [2.24, 2.45) is 0 Å². The number of hydrogen-bond donors (Lipinski definition) is 1. The minimum absolute atomic E-state index is 0.0800. The van der Waals surface area contributed by atoms with Crippen LogP contribution in [0.4, 0.5) is 14.5 Å². The van der Waals surface area contributed by atoms with Crippen LogP contribution in [-0.2, 0) is 24.3 Å². The molecule has 0 radical (unpaired) electrons. The molecule has 0 bridgehead atoms. The van der Waals surface area contributed by atoms with E-state index in [0.29, 0.717) is 35.4 Å². The first-order valence-corrected chi connectivity index (χ1v) is 12.0. The summed E-state index contributed by atoms with van der Waals surface area (Å²) in [5, 5.41) is 2.89. The van der Waals surface area contributed by atoms with E-state index >= 15 is 0 Å². The highest BCUT2D eigenvalue weighted by Crippen LogP contribution is 2.32. The maximum atomic E-state index is 14.5. The molecule has 0 spiro atoms. The molecule has 2 amide bonds. The molecule has 192 valence electrons. The van der Waals surface area contributed by atoms with E-state index in [1.165, 1.54) is 4.90 Å². The lowest BCUT2D eigenvalue weighted by Gasteiger charge is -2.24. The molecular formula is C30H24F2N2O4. The van der Waals surface area contributed by atoms with Crippen molar-refractivity contribution in [3.63, 3.8) is 0 Å². The smallest absolute Gasteiger partial charge is 0.261 e. The van der Waals surface area contributed by atoms with Crippen LogP contribution < -0.4 is 19.7 Å². The number of ether oxygens (including phenoxy) is 2. The highest BCUT2D eigenvalue weighted by atomic mass is 19.1. The van der Waals surface area contributed by atoms with Gasteiger partial charge in [0, 0.05) is 18.3 Å². The molecule has 1 aliphatic rings. The summed E-state index contributed by atoms with van der Waals surface area (Å²) in [5.74, 6) is -1.20. The van der Waals surface area contributed by atoms with E-state index in [1.54, 1.807) is 30.3 Å². The summed E-state index contributed by atoms with van der Waals surface area (Å²) in [6, 6.07) is 24.6. The van der Waals surface area contributed by atoms with Crippen LogP contribution in [-0.4, -0.2) is 18.6 Å². The second-order valence-corrected chi connectivity index (χ2v) is 8.81. The van der Waals surface area contributed by atoms with Crippen molar-refractivity contribution in [3.8, 4) is 11.5 Å². The standard InChI is InChI=1S/C30H24F2N2O4/c31-23-10-11-25(26(32)16-23)30(36)34(18-20-5-2-1-3-6-20)24-8-4-7-21(13-24)15-29(35)33-17-22-9-12-27-28(14-22)38-19-37-27/h1-14,16H,15,17-19H2,(H,33,35). The van der Waals surface area contributed by atoms with Gasteiger partial charge in [0.25, 0.3) is 5.91 Å². The number of carbonyl (C=O) groups excluding carboxylic acids is 2. The van der Waals surface area contributed by atoms with Gasteiger partial charge in [0.1, 0.15) is 11.6 Å². The van der Waals surface area contributed by atoms with Gasteiger partial charge in [-0.05, 0) is 53.1 Å². The fourth-order valence-electron chi connectivity index (χ4n) is 4.19. The van der Waals surface area contributed by atoms with Crippen LogP contribution >= 0.6 is 0 Å². The summed E-state index contributed by atoms with van der Waals surface area (Å²) >= 11 is 0. The predicted octanol–water partition coefficient (Wildman–Crippen LogP) is 5.40. The molecule has 8 heteroatoms. The van der Waals surface area contributed by atoms with Crippen molar-refractivity contribution < 1.29 is 27.8 Å². The minimum Gasteiger partial charge on any atom is -0.454 e. The topological polar surface area (TPSA) is 67.9 Å². The lowest BCUT2D eigenvalue weighted by molar-refractivity contribution is -0.120. The van der Waals surface area contributed by atoms with Gasteiger partial charge in [0.05, 0.1) is 18.5 Å². The zero-order valence-electron chi connectivity index (χ0n) is 20.3. The van der Waals surface area contributed by atoms with Crippen LogP contribution in [0.25, 0.3) is 0 Å². The molecule has 0 atom stereocenters. The zero-order valence-corrected chi connectivity index (χ0v) is 20.3. The lowest BCUT2D eigenvalue weighted by atomic mass is 10.1. The molecule has 1 aliphatic heterocycles. The molecule has 4 aromatic carbocycles. The van der Waals surface area contributed by atoms with Crippen LogP contribution in [0.15, 0.2) is 91.0 Å². The Morgan fingerprint density at radius 1 is 0.789 bits per heavy atom. The molecule has 5 rings (SSSR count). The molecule has 0 saturated heterocycles. The first-order chi connectivity index (χ1) is 18.5. The van der Waals surface area contributed by atoms with Crippen molar-refractivity contribution in [1.82, 2.24) is 5.32 Å². The number of fused-ring (bicyclic) bond motifs is 1. The van der Waals surface area contributed by atoms with Gasteiger partial charge in [-0.15, -0.1) is 0 Å². The molecule has 0 unspecified atom stereocenters. The summed E-state index contributed by atoms with van der Waals surface area (Å²) in [6.07, 6.45) is 0.0800. The Morgan fingerprint density at radius 3 is 2.39 bits per heavy atom. The van der Waals surface area contributed by atoms with Crippen LogP contribution in [0.1, 0.15) is 27.0 Å². The van der Waals surface area contributed by atoms with Crippen molar-refractivity contribution in [1.29, 1.82) is 0 Å². The van der Waals surface area contributed by atoms with E-state index in [2.05, 4.69) is 5.32 Å². The monoisotopic (exact) mass is 514 g/mol. The molecule has 4 aromatic rings. The third-order valence-electron chi connectivity index (χ3n) is 6.10. The first kappa shape index (κ1) is 25.0. The number of amides is 2. The molecule has 0 fully saturated rings. The Bertz CT molecular complexity index is 1480. The van der Waals surface area contributed by atoms with Crippen molar-refractivity contribution in [2.45, 2.75) is 19.5 Å². The van der Waals surface area contributed by atoms with Gasteiger partial charge in [0.15, 0.2) is 11.5 Å². The Labute approximate surface area is 218 Å². The summed E-state index contributed by atoms with van der Waals surface area (Å²) in [7, 11) is 0. The molecule has 0 aromatic heterocycles. The summed E-state index contributed by atoms with van der Waals surface area (Å²) < 4.78 is 38.7. The molecule has 1 N–H and O–H groups in total. The Balaban J connectivity index is 1.33. The molecule has 6 nitrogen and oxygen atoms in total. The average molecular weight is 515 g/mol. The van der Waals surface area contributed by atoms with E-state index in [-0.39, 0.29) is 31.2 Å². The number of nitrogens with zero attached hydrogens (tertiary/aromatic N) is 1. The fraction of sp³-hybridized carbons (Fsp3) is 0.133. The maximum absolute atomic E-state index is 14.5. The molecule has 0 aliphatic carbocycles. The van der Waals surface area contributed by atoms with Gasteiger partial charge in [-0.25, -0.2) is 8.78 Å². The third-order valence-corrected chi connectivity index (χ3v) is 6.10. The number of halogens is 2. The van der Waals surface area contributed by atoms with E-state index in [9.17, 15) is 18.4 Å². The Morgan fingerprint density at radius 2 is 1.58 bits per heavy atom. The molecule has 1 heterocycles. The van der Waals surface area contributed by atoms with E-state index in [0.717, 1.165) is 23.3 Å². The highest BCUT2D eigenvalue weighted by Gasteiger charge is 2.22. The van der Waals surface area contributed by atoms with Crippen LogP contribution in [0.5, 0.6) is 11.5 Å². The normalized spacial score (nSPS) is 11.7. The minimum atomic E-state index is -0.938. The summed E-state index contributed by atoms with van der Waals surface area (Å²) in [5.41, 5.74) is 2.63. The predicted molar refractivity (Wildman–Crippen MR) is 138 cm³/mol. The Hall–Kier alpha value is -4.72. The summed E-state index contributed by atoms with van der Waals surface area (Å²) in [6.45, 7) is 0.660. The Kier molecular flexibility index (Phi) is 7.31. The maximum Gasteiger partial charge on any atom is 0.261 e. The number of nitrogens with one attached hydrogen (secondary N) is 1. The molecule has 0 saturated carbocycles. The molecular weight excluding hydrogens is 490 g/mol. The zero-order chi connectivity index (χ0) is 26.5. The van der Waals surface area contributed by atoms with Crippen LogP contribution in [0, 0.1) is 11.6 Å². The van der Waals surface area contributed by atoms with Crippen molar-refractivity contribution >= 4 is 17.5 Å². The van der Waals surface area contributed by atoms with E-state index in [4.69, 9.17) is 9.47 Å². The second kappa shape index (κ2) is 11.1. The van der Waals surface area contributed by atoms with Crippen molar-refractivity contribution in [2.75, 3.05) is 11.7 Å². The first-order valence-electron chi connectivity index (χ1n) is 12.0. The van der Waals surface area contributed by atoms with Crippen molar-refractivity contribution in [3.05, 3.63) is 125 Å². The van der Waals surface area contributed by atoms with E-state index < -0.39 is 17.5 Å². The number of anilines is 1. The van der Waals surface area contributed by atoms with E-state index in [1.807, 2.05) is 42.5 Å². The third kappa shape index (κ3) is 5.81. The number of benzene rings is 4. The van der Waals surface area contributed by atoms with Gasteiger partial charge >= 0.3 is 0 Å². The lowest BCUT2D eigenvalue weighted by Crippen LogP contribution is -2.31. The van der Waals surface area contributed by atoms with Gasteiger partial charge < -0.3 is 19.7 Å².